The number of phosphoric acid groups is 3. The molecule has 1 aliphatic rings. The Hall–Kier alpha value is -3.30. The molecule has 0 radical (unpaired) electrons. The third kappa shape index (κ3) is 7.63. The standard InChI is InChI=1S/C26H28N3O14P3/c1-15-13-29(26(32)27-24(15)30)23-12-21(22(41-23)14-40-45(36,37)43-46(38,39)42-44(33,34)35)28(2)25(31)19-9-5-8-18-10-16-6-3-4-7-17(16)11-20(18)19/h3-11,13,21-23H,12,14H2,1-2H3,(H,36,37)(H,38,39)(H,27,30,32)(H2,33,34,35)/t21-,22+,23+/m0/s1. The van der Waals surface area contributed by atoms with E-state index in [0.717, 1.165) is 20.7 Å². The van der Waals surface area contributed by atoms with Gasteiger partial charge in [0.2, 0.25) is 0 Å². The number of hydrogen-bond donors (Lipinski definition) is 5. The number of aromatic nitrogens is 2. The van der Waals surface area contributed by atoms with Crippen LogP contribution in [0.5, 0.6) is 0 Å². The van der Waals surface area contributed by atoms with E-state index in [9.17, 15) is 37.9 Å². The van der Waals surface area contributed by atoms with E-state index in [1.54, 1.807) is 12.1 Å². The summed E-state index contributed by atoms with van der Waals surface area (Å²) in [5.41, 5.74) is -0.972. The third-order valence-electron chi connectivity index (χ3n) is 7.27. The van der Waals surface area contributed by atoms with Crippen molar-refractivity contribution in [3.05, 3.63) is 92.8 Å². The summed E-state index contributed by atoms with van der Waals surface area (Å²) in [4.78, 5) is 79.0. The fourth-order valence-corrected chi connectivity index (χ4v) is 8.24. The van der Waals surface area contributed by atoms with E-state index in [-0.39, 0.29) is 12.0 Å². The van der Waals surface area contributed by atoms with Gasteiger partial charge in [0, 0.05) is 30.8 Å². The lowest BCUT2D eigenvalue weighted by Crippen LogP contribution is -2.43. The van der Waals surface area contributed by atoms with Crippen LogP contribution in [0.25, 0.3) is 21.5 Å². The SMILES string of the molecule is Cc1cn([C@H]2C[C@H](N(C)C(=O)c3cccc4cc5ccccc5cc34)[C@@H](COP(=O)(O)OP(=O)(O)OP(=O)(O)O)O2)c(=O)[nH]c1=O. The number of likely N-dealkylation sites (N-methyl/N-ethyl adjacent to an activating group) is 1. The van der Waals surface area contributed by atoms with Gasteiger partial charge in [-0.15, -0.1) is 0 Å². The molecule has 1 saturated heterocycles. The second-order valence-corrected chi connectivity index (χ2v) is 14.9. The van der Waals surface area contributed by atoms with E-state index in [2.05, 4.69) is 13.6 Å². The van der Waals surface area contributed by atoms with Gasteiger partial charge in [0.25, 0.3) is 11.5 Å². The predicted molar refractivity (Wildman–Crippen MR) is 162 cm³/mol. The summed E-state index contributed by atoms with van der Waals surface area (Å²) in [6.45, 7) is 0.577. The molecular formula is C26H28N3O14P3. The average molecular weight is 699 g/mol. The number of fused-ring (bicyclic) bond motifs is 2. The topological polar surface area (TPSA) is 244 Å². The third-order valence-corrected chi connectivity index (χ3v) is 11.1. The molecule has 46 heavy (non-hydrogen) atoms. The lowest BCUT2D eigenvalue weighted by molar-refractivity contribution is -0.0347. The minimum atomic E-state index is -5.79. The van der Waals surface area contributed by atoms with Crippen molar-refractivity contribution in [2.45, 2.75) is 31.7 Å². The number of phosphoric ester groups is 1. The zero-order valence-corrected chi connectivity index (χ0v) is 26.7. The highest BCUT2D eigenvalue weighted by Gasteiger charge is 2.45. The van der Waals surface area contributed by atoms with Crippen molar-refractivity contribution in [1.29, 1.82) is 0 Å². The largest absolute Gasteiger partial charge is 0.490 e. The second kappa shape index (κ2) is 12.7. The van der Waals surface area contributed by atoms with Gasteiger partial charge < -0.3 is 29.2 Å². The van der Waals surface area contributed by atoms with Gasteiger partial charge in [-0.05, 0) is 46.7 Å². The zero-order chi connectivity index (χ0) is 33.6. The summed E-state index contributed by atoms with van der Waals surface area (Å²) in [5.74, 6) is -0.483. The van der Waals surface area contributed by atoms with Gasteiger partial charge in [-0.3, -0.25) is 23.7 Å². The Bertz CT molecular complexity index is 2090. The van der Waals surface area contributed by atoms with E-state index < -0.39 is 65.6 Å². The summed E-state index contributed by atoms with van der Waals surface area (Å²) in [7, 11) is -15.5. The van der Waals surface area contributed by atoms with Gasteiger partial charge in [-0.2, -0.15) is 8.62 Å². The minimum absolute atomic E-state index is 0.0776. The summed E-state index contributed by atoms with van der Waals surface area (Å²) in [5, 5.41) is 3.29. The van der Waals surface area contributed by atoms with Crippen molar-refractivity contribution in [2.24, 2.45) is 0 Å². The maximum absolute atomic E-state index is 14.0. The molecule has 5 rings (SSSR count). The molecule has 17 nitrogen and oxygen atoms in total. The van der Waals surface area contributed by atoms with Crippen molar-refractivity contribution >= 4 is 50.9 Å². The smallest absolute Gasteiger partial charge is 0.350 e. The molecule has 0 spiro atoms. The highest BCUT2D eigenvalue weighted by atomic mass is 31.3. The first-order valence-electron chi connectivity index (χ1n) is 13.4. The molecule has 0 aliphatic carbocycles. The first kappa shape index (κ1) is 34.0. The number of amides is 1. The van der Waals surface area contributed by atoms with Gasteiger partial charge in [0.15, 0.2) is 0 Å². The van der Waals surface area contributed by atoms with Gasteiger partial charge in [-0.1, -0.05) is 36.4 Å². The molecule has 5 atom stereocenters. The van der Waals surface area contributed by atoms with E-state index in [4.69, 9.17) is 19.0 Å². The maximum atomic E-state index is 14.0. The number of ether oxygens (including phenoxy) is 1. The predicted octanol–water partition coefficient (Wildman–Crippen LogP) is 2.92. The minimum Gasteiger partial charge on any atom is -0.350 e. The van der Waals surface area contributed by atoms with Crippen LogP contribution in [-0.2, 0) is 31.6 Å². The number of carbonyl (C=O) groups excluding carboxylic acids is 1. The maximum Gasteiger partial charge on any atom is 0.490 e. The number of benzene rings is 3. The number of hydrogen-bond acceptors (Lipinski definition) is 10. The monoisotopic (exact) mass is 699 g/mol. The molecule has 1 aliphatic heterocycles. The van der Waals surface area contributed by atoms with E-state index in [1.165, 1.54) is 25.1 Å². The first-order valence-corrected chi connectivity index (χ1v) is 17.9. The Morgan fingerprint density at radius 1 is 0.978 bits per heavy atom. The van der Waals surface area contributed by atoms with Crippen LogP contribution in [0.1, 0.15) is 28.6 Å². The van der Waals surface area contributed by atoms with Crippen LogP contribution in [0.4, 0.5) is 0 Å². The van der Waals surface area contributed by atoms with Crippen LogP contribution in [0.15, 0.2) is 70.4 Å². The number of nitrogens with zero attached hydrogens (tertiary/aromatic N) is 2. The van der Waals surface area contributed by atoms with Crippen molar-refractivity contribution in [2.75, 3.05) is 13.7 Å². The average Bonchev–Trinajstić information content (AvgIpc) is 3.38. The Kier molecular flexibility index (Phi) is 9.41. The molecule has 20 heteroatoms. The highest BCUT2D eigenvalue weighted by molar-refractivity contribution is 7.66. The molecule has 2 unspecified atom stereocenters. The van der Waals surface area contributed by atoms with Gasteiger partial charge in [0.1, 0.15) is 12.3 Å². The zero-order valence-electron chi connectivity index (χ0n) is 24.0. The molecule has 4 aromatic rings. The molecule has 246 valence electrons. The van der Waals surface area contributed by atoms with Gasteiger partial charge >= 0.3 is 29.2 Å². The lowest BCUT2D eigenvalue weighted by atomic mass is 9.98. The Morgan fingerprint density at radius 2 is 1.63 bits per heavy atom. The summed E-state index contributed by atoms with van der Waals surface area (Å²) in [6, 6.07) is 15.6. The number of aryl methyl sites for hydroxylation is 1. The van der Waals surface area contributed by atoms with Gasteiger partial charge in [0.05, 0.1) is 12.6 Å². The number of nitrogens with one attached hydrogen (secondary N) is 1. The Labute approximate surface area is 259 Å². The van der Waals surface area contributed by atoms with Crippen molar-refractivity contribution in [1.82, 2.24) is 14.5 Å². The van der Waals surface area contributed by atoms with Gasteiger partial charge in [-0.25, -0.2) is 18.5 Å². The Morgan fingerprint density at radius 3 is 2.30 bits per heavy atom. The molecular weight excluding hydrogens is 671 g/mol. The molecule has 2 heterocycles. The van der Waals surface area contributed by atoms with Crippen LogP contribution >= 0.6 is 23.5 Å². The normalized spacial score (nSPS) is 21.2. The molecule has 0 bridgehead atoms. The fourth-order valence-electron chi connectivity index (χ4n) is 5.21. The fraction of sp³-hybridized carbons (Fsp3) is 0.269. The molecule has 1 fully saturated rings. The van der Waals surface area contributed by atoms with Crippen LogP contribution in [0.2, 0.25) is 0 Å². The number of carbonyl (C=O) groups is 1. The quantitative estimate of drug-likeness (QED) is 0.118. The van der Waals surface area contributed by atoms with Crippen molar-refractivity contribution in [3.8, 4) is 0 Å². The van der Waals surface area contributed by atoms with E-state index in [0.29, 0.717) is 10.9 Å². The number of H-pyrrole nitrogens is 1. The summed E-state index contributed by atoms with van der Waals surface area (Å²) < 4.78 is 54.6. The van der Waals surface area contributed by atoms with Crippen molar-refractivity contribution < 1.29 is 55.9 Å². The van der Waals surface area contributed by atoms with E-state index in [1.807, 2.05) is 42.5 Å². The molecule has 0 saturated carbocycles. The first-order chi connectivity index (χ1) is 21.4. The lowest BCUT2D eigenvalue weighted by Gasteiger charge is -2.29. The number of aromatic amines is 1. The summed E-state index contributed by atoms with van der Waals surface area (Å²) >= 11 is 0. The molecule has 1 amide bonds. The molecule has 3 aromatic carbocycles. The van der Waals surface area contributed by atoms with Crippen LogP contribution < -0.4 is 11.2 Å². The van der Waals surface area contributed by atoms with Crippen LogP contribution in [0.3, 0.4) is 0 Å². The van der Waals surface area contributed by atoms with Crippen LogP contribution in [-0.4, -0.2) is 65.7 Å². The molecule has 1 aromatic heterocycles. The van der Waals surface area contributed by atoms with E-state index >= 15 is 0 Å². The van der Waals surface area contributed by atoms with Crippen molar-refractivity contribution in [3.63, 3.8) is 0 Å². The molecule has 5 N–H and O–H groups in total. The second-order valence-electron chi connectivity index (χ2n) is 10.4. The van der Waals surface area contributed by atoms with Crippen LogP contribution in [0, 0.1) is 6.92 Å². The summed E-state index contributed by atoms with van der Waals surface area (Å²) in [6.07, 6.45) is -1.23. The number of rotatable bonds is 10. The Balaban J connectivity index is 1.45. The highest BCUT2D eigenvalue weighted by Crippen LogP contribution is 2.66.